The fraction of sp³-hybridized carbons (Fsp3) is 0.362. The molecule has 4 heteroatoms. The first-order chi connectivity index (χ1) is 23.4. The first kappa shape index (κ1) is 43.2. The second-order valence-electron chi connectivity index (χ2n) is 15.5. The molecule has 6 aromatic carbocycles. The van der Waals surface area contributed by atoms with Crippen molar-refractivity contribution in [3.63, 3.8) is 0 Å². The van der Waals surface area contributed by atoms with Crippen molar-refractivity contribution in [2.45, 2.75) is 110 Å². The maximum absolute atomic E-state index is 2.39. The van der Waals surface area contributed by atoms with Gasteiger partial charge in [0.2, 0.25) is 0 Å². The standard InChI is InChI=1S/C23H27.C22H23.C2H6Si.2ClH.Zr/c1-6-16(2)19-14-18-8-7-9-21(22(18)15-19)17-10-12-20(13-11-17)23(3,4)5;1-16-14-20-8-5-9-21(22(20)15-16)19-12-10-18(11-13-19)17-6-3-2-4-7-17;1-3-2;;;/h7-16H,6H2,1-5H3;5,8-15,17H,2-4,6-7H2,1H3;1-2H3;2*1H;/q2*-1;;;;+2/p-2. The molecule has 1 fully saturated rings. The summed E-state index contributed by atoms with van der Waals surface area (Å²) in [6, 6.07) is 41.0. The van der Waals surface area contributed by atoms with Gasteiger partial charge >= 0.3 is 41.9 Å². The molecular formula is C47H56Cl2SiZr-2. The number of aryl methyl sites for hydroxylation is 1. The summed E-state index contributed by atoms with van der Waals surface area (Å²) < 4.78 is 0. The van der Waals surface area contributed by atoms with Crippen molar-refractivity contribution < 1.29 is 48.1 Å². The van der Waals surface area contributed by atoms with E-state index in [4.69, 9.17) is 0 Å². The second kappa shape index (κ2) is 19.7. The minimum absolute atomic E-state index is 0. The van der Waals surface area contributed by atoms with Gasteiger partial charge in [-0.05, 0) is 52.3 Å². The average Bonchev–Trinajstić information content (AvgIpc) is 3.71. The molecular weight excluding hydrogens is 755 g/mol. The van der Waals surface area contributed by atoms with Gasteiger partial charge in [0.05, 0.1) is 0 Å². The Balaban J connectivity index is 0.000000241. The number of hydrogen-bond acceptors (Lipinski definition) is 0. The van der Waals surface area contributed by atoms with Gasteiger partial charge in [0.25, 0.3) is 0 Å². The molecule has 0 heterocycles. The molecule has 0 aliphatic heterocycles. The van der Waals surface area contributed by atoms with Crippen molar-refractivity contribution in [2.75, 3.05) is 0 Å². The molecule has 1 aliphatic rings. The molecule has 6 aromatic rings. The zero-order chi connectivity index (χ0) is 35.1. The molecule has 268 valence electrons. The van der Waals surface area contributed by atoms with Gasteiger partial charge in [0.1, 0.15) is 0 Å². The van der Waals surface area contributed by atoms with Gasteiger partial charge in [-0.3, -0.25) is 0 Å². The summed E-state index contributed by atoms with van der Waals surface area (Å²) in [6.45, 7) is 18.2. The van der Waals surface area contributed by atoms with Gasteiger partial charge in [-0.1, -0.05) is 139 Å². The number of benzene rings is 4. The van der Waals surface area contributed by atoms with Crippen LogP contribution in [0.2, 0.25) is 13.1 Å². The van der Waals surface area contributed by atoms with Gasteiger partial charge in [0, 0.05) is 0 Å². The van der Waals surface area contributed by atoms with Gasteiger partial charge in [-0.15, -0.1) is 69.1 Å². The third kappa shape index (κ3) is 11.4. The third-order valence-electron chi connectivity index (χ3n) is 10.2. The Kier molecular flexibility index (Phi) is 16.7. The molecule has 0 spiro atoms. The Morgan fingerprint density at radius 3 is 1.73 bits per heavy atom. The van der Waals surface area contributed by atoms with Crippen molar-refractivity contribution in [3.05, 3.63) is 131 Å². The van der Waals surface area contributed by atoms with E-state index in [2.05, 4.69) is 164 Å². The predicted molar refractivity (Wildman–Crippen MR) is 215 cm³/mol. The summed E-state index contributed by atoms with van der Waals surface area (Å²) in [5.74, 6) is 1.42. The Morgan fingerprint density at radius 2 is 1.22 bits per heavy atom. The van der Waals surface area contributed by atoms with Crippen LogP contribution in [-0.4, -0.2) is 5.43 Å². The number of rotatable bonds is 5. The monoisotopic (exact) mass is 808 g/mol. The summed E-state index contributed by atoms with van der Waals surface area (Å²) in [6.07, 6.45) is 8.16. The van der Waals surface area contributed by atoms with Crippen molar-refractivity contribution in [1.82, 2.24) is 0 Å². The minimum Gasteiger partial charge on any atom is -1.00 e. The van der Waals surface area contributed by atoms with Crippen LogP contribution in [0.25, 0.3) is 43.8 Å². The molecule has 1 aliphatic carbocycles. The van der Waals surface area contributed by atoms with E-state index in [1.165, 1.54) is 105 Å². The molecule has 7 rings (SSSR count). The van der Waals surface area contributed by atoms with E-state index in [-0.39, 0.29) is 35.7 Å². The minimum atomic E-state index is 0. The van der Waals surface area contributed by atoms with Crippen LogP contribution < -0.4 is 24.8 Å². The van der Waals surface area contributed by atoms with Crippen molar-refractivity contribution >= 4 is 27.0 Å². The number of halogens is 2. The fourth-order valence-corrected chi connectivity index (χ4v) is 7.19. The summed E-state index contributed by atoms with van der Waals surface area (Å²) in [5.41, 5.74) is 11.5. The largest absolute Gasteiger partial charge is 1.00 e. The molecule has 0 radical (unpaired) electrons. The maximum Gasteiger partial charge on any atom is -0.0162 e. The van der Waals surface area contributed by atoms with Crippen LogP contribution in [0.15, 0.2) is 109 Å². The van der Waals surface area contributed by atoms with E-state index in [0.29, 0.717) is 5.92 Å². The molecule has 1 atom stereocenters. The molecule has 51 heavy (non-hydrogen) atoms. The van der Waals surface area contributed by atoms with Crippen LogP contribution in [0, 0.1) is 6.92 Å². The molecule has 0 nitrogen and oxygen atoms in total. The SMILES string of the molecule is CCC(C)c1cc2c(-c3ccc(C(C)(C)C)cc3)cccc2[cH-]1.C[Si](C)=[Zr+2].Cc1cc2c(-c3ccc(C4CCCCC4)cc3)cccc2[cH-]1.[Cl-].[Cl-]. The van der Waals surface area contributed by atoms with E-state index >= 15 is 0 Å². The number of hydrogen-bond donors (Lipinski definition) is 0. The molecule has 0 N–H and O–H groups in total. The van der Waals surface area contributed by atoms with Crippen molar-refractivity contribution in [1.29, 1.82) is 0 Å². The Hall–Kier alpha value is -2.22. The zero-order valence-electron chi connectivity index (χ0n) is 32.0. The second-order valence-corrected chi connectivity index (χ2v) is 24.9. The predicted octanol–water partition coefficient (Wildman–Crippen LogP) is 8.41. The molecule has 1 unspecified atom stereocenters. The molecule has 0 amide bonds. The summed E-state index contributed by atoms with van der Waals surface area (Å²) in [4.78, 5) is 0. The van der Waals surface area contributed by atoms with Crippen LogP contribution in [-0.2, 0) is 28.8 Å². The summed E-state index contributed by atoms with van der Waals surface area (Å²) >= 11 is 1.74. The topological polar surface area (TPSA) is 0 Å². The first-order valence-electron chi connectivity index (χ1n) is 18.5. The molecule has 0 aromatic heterocycles. The molecule has 1 saturated carbocycles. The van der Waals surface area contributed by atoms with Crippen LogP contribution in [0.5, 0.6) is 0 Å². The van der Waals surface area contributed by atoms with Crippen LogP contribution in [0.4, 0.5) is 0 Å². The van der Waals surface area contributed by atoms with Crippen LogP contribution in [0.1, 0.15) is 107 Å². The van der Waals surface area contributed by atoms with Gasteiger partial charge in [-0.25, -0.2) is 0 Å². The smallest absolute Gasteiger partial charge is 0.0162 e. The fourth-order valence-electron chi connectivity index (χ4n) is 7.19. The van der Waals surface area contributed by atoms with E-state index in [1.54, 1.807) is 23.3 Å². The normalized spacial score (nSPS) is 13.6. The summed E-state index contributed by atoms with van der Waals surface area (Å²) in [5, 5.41) is 5.47. The molecule has 0 saturated heterocycles. The van der Waals surface area contributed by atoms with Gasteiger partial charge in [-0.2, -0.15) is 12.1 Å². The Morgan fingerprint density at radius 1 is 0.725 bits per heavy atom. The Labute approximate surface area is 336 Å². The van der Waals surface area contributed by atoms with Gasteiger partial charge < -0.3 is 24.8 Å². The quantitative estimate of drug-likeness (QED) is 0.121. The first-order valence-corrected chi connectivity index (χ1v) is 24.7. The summed E-state index contributed by atoms with van der Waals surface area (Å²) in [7, 11) is 0. The van der Waals surface area contributed by atoms with Crippen molar-refractivity contribution in [2.24, 2.45) is 0 Å². The van der Waals surface area contributed by atoms with E-state index in [1.807, 2.05) is 0 Å². The average molecular weight is 811 g/mol. The zero-order valence-corrected chi connectivity index (χ0v) is 37.0. The van der Waals surface area contributed by atoms with Crippen LogP contribution in [0.3, 0.4) is 0 Å². The van der Waals surface area contributed by atoms with Crippen LogP contribution >= 0.6 is 0 Å². The van der Waals surface area contributed by atoms with Gasteiger partial charge in [0.15, 0.2) is 0 Å². The van der Waals surface area contributed by atoms with E-state index in [9.17, 15) is 0 Å². The number of fused-ring (bicyclic) bond motifs is 2. The maximum atomic E-state index is 2.39. The Bertz CT molecular complexity index is 1960. The van der Waals surface area contributed by atoms with E-state index in [0.717, 1.165) is 5.92 Å². The van der Waals surface area contributed by atoms with Crippen molar-refractivity contribution in [3.8, 4) is 22.3 Å². The third-order valence-corrected chi connectivity index (χ3v) is 10.2. The van der Waals surface area contributed by atoms with E-state index < -0.39 is 0 Å². The molecule has 0 bridgehead atoms.